The highest BCUT2D eigenvalue weighted by Gasteiger charge is 2.37. The van der Waals surface area contributed by atoms with E-state index in [1.165, 1.54) is 32.5 Å². The lowest BCUT2D eigenvalue weighted by atomic mass is 9.97. The molecule has 0 bridgehead atoms. The second-order valence-electron chi connectivity index (χ2n) is 5.25. The van der Waals surface area contributed by atoms with E-state index in [9.17, 15) is 0 Å². The molecule has 0 aromatic heterocycles. The third-order valence-electron chi connectivity index (χ3n) is 3.86. The number of hydrogen-bond donors (Lipinski definition) is 1. The van der Waals surface area contributed by atoms with Crippen molar-refractivity contribution in [2.45, 2.75) is 45.7 Å². The van der Waals surface area contributed by atoms with Gasteiger partial charge >= 0.3 is 0 Å². The second kappa shape index (κ2) is 4.19. The average Bonchev–Trinajstić information content (AvgIpc) is 3.00. The molecule has 1 saturated carbocycles. The lowest BCUT2D eigenvalue weighted by Gasteiger charge is -2.42. The maximum absolute atomic E-state index is 3.74. The van der Waals surface area contributed by atoms with Crippen molar-refractivity contribution in [1.82, 2.24) is 10.2 Å². The standard InChI is InChI=1S/C12H24N2/c1-4-14-8-11(10-5-6-10)13-7-12(14)9(2)3/h9-13H,4-8H2,1-3H3. The highest BCUT2D eigenvalue weighted by molar-refractivity contribution is 4.94. The van der Waals surface area contributed by atoms with Crippen LogP contribution in [0.25, 0.3) is 0 Å². The van der Waals surface area contributed by atoms with Crippen molar-refractivity contribution in [2.75, 3.05) is 19.6 Å². The van der Waals surface area contributed by atoms with Gasteiger partial charge in [-0.2, -0.15) is 0 Å². The lowest BCUT2D eigenvalue weighted by molar-refractivity contribution is 0.0981. The maximum atomic E-state index is 3.74. The van der Waals surface area contributed by atoms with E-state index in [-0.39, 0.29) is 0 Å². The predicted octanol–water partition coefficient (Wildman–Crippen LogP) is 1.71. The molecule has 2 aliphatic rings. The molecule has 2 fully saturated rings. The van der Waals surface area contributed by atoms with Crippen LogP contribution < -0.4 is 5.32 Å². The molecule has 0 radical (unpaired) electrons. The molecule has 2 nitrogen and oxygen atoms in total. The Hall–Kier alpha value is -0.0800. The van der Waals surface area contributed by atoms with Crippen molar-refractivity contribution in [2.24, 2.45) is 11.8 Å². The summed E-state index contributed by atoms with van der Waals surface area (Å²) in [7, 11) is 0. The summed E-state index contributed by atoms with van der Waals surface area (Å²) in [5, 5.41) is 3.74. The monoisotopic (exact) mass is 196 g/mol. The molecule has 82 valence electrons. The first-order valence-corrected chi connectivity index (χ1v) is 6.19. The van der Waals surface area contributed by atoms with E-state index in [0.717, 1.165) is 23.9 Å². The zero-order valence-electron chi connectivity index (χ0n) is 9.79. The number of rotatable bonds is 3. The molecule has 1 heterocycles. The Morgan fingerprint density at radius 1 is 1.36 bits per heavy atom. The van der Waals surface area contributed by atoms with E-state index in [2.05, 4.69) is 31.0 Å². The average molecular weight is 196 g/mol. The van der Waals surface area contributed by atoms with Crippen LogP contribution in [-0.2, 0) is 0 Å². The normalized spacial score (nSPS) is 35.1. The van der Waals surface area contributed by atoms with Crippen LogP contribution in [0.4, 0.5) is 0 Å². The van der Waals surface area contributed by atoms with Gasteiger partial charge in [-0.3, -0.25) is 4.90 Å². The first-order chi connectivity index (χ1) is 6.72. The van der Waals surface area contributed by atoms with Gasteiger partial charge in [-0.15, -0.1) is 0 Å². The third-order valence-corrected chi connectivity index (χ3v) is 3.86. The van der Waals surface area contributed by atoms with E-state index in [1.54, 1.807) is 0 Å². The fourth-order valence-corrected chi connectivity index (χ4v) is 2.69. The first kappa shape index (κ1) is 10.4. The van der Waals surface area contributed by atoms with Gasteiger partial charge in [0.05, 0.1) is 0 Å². The summed E-state index contributed by atoms with van der Waals surface area (Å²) in [6.45, 7) is 10.7. The zero-order chi connectivity index (χ0) is 10.1. The lowest BCUT2D eigenvalue weighted by Crippen LogP contribution is -2.58. The molecule has 2 atom stereocenters. The Labute approximate surface area is 88.1 Å². The van der Waals surface area contributed by atoms with Crippen LogP contribution in [-0.4, -0.2) is 36.6 Å². The van der Waals surface area contributed by atoms with Gasteiger partial charge in [-0.05, 0) is 31.2 Å². The van der Waals surface area contributed by atoms with Gasteiger partial charge < -0.3 is 5.32 Å². The molecule has 14 heavy (non-hydrogen) atoms. The number of nitrogens with one attached hydrogen (secondary N) is 1. The minimum absolute atomic E-state index is 0.759. The minimum Gasteiger partial charge on any atom is -0.311 e. The first-order valence-electron chi connectivity index (χ1n) is 6.19. The fraction of sp³-hybridized carbons (Fsp3) is 1.00. The molecular weight excluding hydrogens is 172 g/mol. The van der Waals surface area contributed by atoms with Gasteiger partial charge in [0.1, 0.15) is 0 Å². The number of piperazine rings is 1. The van der Waals surface area contributed by atoms with Crippen LogP contribution in [0.5, 0.6) is 0 Å². The summed E-state index contributed by atoms with van der Waals surface area (Å²) in [5.41, 5.74) is 0. The summed E-state index contributed by atoms with van der Waals surface area (Å²) in [6.07, 6.45) is 2.92. The minimum atomic E-state index is 0.759. The molecule has 1 N–H and O–H groups in total. The summed E-state index contributed by atoms with van der Waals surface area (Å²) >= 11 is 0. The Kier molecular flexibility index (Phi) is 3.13. The molecule has 0 amide bonds. The number of nitrogens with zero attached hydrogens (tertiary/aromatic N) is 1. The Balaban J connectivity index is 1.91. The smallest absolute Gasteiger partial charge is 0.0244 e. The van der Waals surface area contributed by atoms with Crippen molar-refractivity contribution in [3.8, 4) is 0 Å². The van der Waals surface area contributed by atoms with Crippen molar-refractivity contribution in [1.29, 1.82) is 0 Å². The van der Waals surface area contributed by atoms with Crippen molar-refractivity contribution < 1.29 is 0 Å². The zero-order valence-corrected chi connectivity index (χ0v) is 9.79. The summed E-state index contributed by atoms with van der Waals surface area (Å²) < 4.78 is 0. The highest BCUT2D eigenvalue weighted by atomic mass is 15.2. The Morgan fingerprint density at radius 2 is 2.07 bits per heavy atom. The molecular formula is C12H24N2. The molecule has 1 aliphatic heterocycles. The van der Waals surface area contributed by atoms with Gasteiger partial charge in [0, 0.05) is 25.2 Å². The predicted molar refractivity (Wildman–Crippen MR) is 60.4 cm³/mol. The van der Waals surface area contributed by atoms with Gasteiger partial charge in [0.15, 0.2) is 0 Å². The molecule has 2 heteroatoms. The second-order valence-corrected chi connectivity index (χ2v) is 5.25. The highest BCUT2D eigenvalue weighted by Crippen LogP contribution is 2.34. The van der Waals surface area contributed by atoms with Crippen molar-refractivity contribution in [3.05, 3.63) is 0 Å². The van der Waals surface area contributed by atoms with Gasteiger partial charge in [0.2, 0.25) is 0 Å². The van der Waals surface area contributed by atoms with Gasteiger partial charge in [-0.1, -0.05) is 20.8 Å². The molecule has 1 saturated heterocycles. The number of hydrogen-bond acceptors (Lipinski definition) is 2. The van der Waals surface area contributed by atoms with Crippen LogP contribution in [0, 0.1) is 11.8 Å². The van der Waals surface area contributed by atoms with E-state index in [0.29, 0.717) is 0 Å². The van der Waals surface area contributed by atoms with Gasteiger partial charge in [0.25, 0.3) is 0 Å². The summed E-state index contributed by atoms with van der Waals surface area (Å²) in [4.78, 5) is 2.67. The SMILES string of the molecule is CCN1CC(C2CC2)NCC1C(C)C. The quantitative estimate of drug-likeness (QED) is 0.739. The molecule has 2 unspecified atom stereocenters. The van der Waals surface area contributed by atoms with Crippen LogP contribution in [0.3, 0.4) is 0 Å². The van der Waals surface area contributed by atoms with E-state index in [4.69, 9.17) is 0 Å². The summed E-state index contributed by atoms with van der Waals surface area (Å²) in [6, 6.07) is 1.56. The van der Waals surface area contributed by atoms with Crippen molar-refractivity contribution in [3.63, 3.8) is 0 Å². The molecule has 2 rings (SSSR count). The molecule has 1 aliphatic carbocycles. The Bertz CT molecular complexity index is 187. The van der Waals surface area contributed by atoms with E-state index in [1.807, 2.05) is 0 Å². The molecule has 0 aromatic rings. The maximum Gasteiger partial charge on any atom is 0.0244 e. The molecule has 0 spiro atoms. The summed E-state index contributed by atoms with van der Waals surface area (Å²) in [5.74, 6) is 1.78. The van der Waals surface area contributed by atoms with Crippen LogP contribution >= 0.6 is 0 Å². The van der Waals surface area contributed by atoms with E-state index >= 15 is 0 Å². The van der Waals surface area contributed by atoms with Crippen molar-refractivity contribution >= 4 is 0 Å². The fourth-order valence-electron chi connectivity index (χ4n) is 2.69. The number of likely N-dealkylation sites (N-methyl/N-ethyl adjacent to an activating group) is 1. The van der Waals surface area contributed by atoms with Gasteiger partial charge in [-0.25, -0.2) is 0 Å². The third kappa shape index (κ3) is 2.12. The van der Waals surface area contributed by atoms with Crippen LogP contribution in [0.15, 0.2) is 0 Å². The van der Waals surface area contributed by atoms with Crippen LogP contribution in [0.2, 0.25) is 0 Å². The largest absolute Gasteiger partial charge is 0.311 e. The van der Waals surface area contributed by atoms with Crippen LogP contribution in [0.1, 0.15) is 33.6 Å². The Morgan fingerprint density at radius 3 is 2.57 bits per heavy atom. The van der Waals surface area contributed by atoms with E-state index < -0.39 is 0 Å². The molecule has 0 aromatic carbocycles. The topological polar surface area (TPSA) is 15.3 Å².